The van der Waals surface area contributed by atoms with Crippen molar-refractivity contribution in [1.82, 2.24) is 18.3 Å². The molecule has 9 rings (SSSR count). The van der Waals surface area contributed by atoms with E-state index in [-0.39, 0.29) is 106 Å². The molecule has 1 atom stereocenters. The molecule has 0 amide bonds. The number of aldehydes is 1. The van der Waals surface area contributed by atoms with Crippen LogP contribution in [0.4, 0.5) is 26.3 Å². The molecule has 0 aliphatic carbocycles. The maximum atomic E-state index is 13.5. The SMILES string of the molecule is C1CCOC1.CCCCn1c(=O)c2c(C(O)c3ccc(Cl)cc3)c(Oc3cccc(OC(F)(F)F)c3)sc2n(C)c1=O.CCCCn1c(=O)c2c(C=O)c(Oc3cccc(OC(F)(F)F)c3)sc2n(C)c1=O.Clc1cc[c-]cc1.[Br-].[Mg+2]. The van der Waals surface area contributed by atoms with Crippen molar-refractivity contribution in [3.05, 3.63) is 172 Å². The van der Waals surface area contributed by atoms with Crippen LogP contribution >= 0.6 is 45.9 Å². The Bertz CT molecular complexity index is 3600. The van der Waals surface area contributed by atoms with Gasteiger partial charge in [-0.2, -0.15) is 30.3 Å². The molecule has 1 fully saturated rings. The number of unbranched alkanes of at least 4 members (excludes halogenated alkanes) is 2. The molecule has 1 aliphatic heterocycles. The second kappa shape index (κ2) is 31.1. The summed E-state index contributed by atoms with van der Waals surface area (Å²) in [6.07, 6.45) is -5.42. The minimum Gasteiger partial charge on any atom is -1.00 e. The van der Waals surface area contributed by atoms with E-state index < -0.39 is 52.8 Å². The molecule has 1 saturated heterocycles. The Morgan fingerprint density at radius 1 is 0.679 bits per heavy atom. The average molecular weight is 1290 g/mol. The number of halogens is 9. The number of benzene rings is 4. The first kappa shape index (κ1) is 67.9. The number of aliphatic hydroxyl groups excluding tert-OH is 1. The number of thiophene rings is 2. The van der Waals surface area contributed by atoms with Crippen molar-refractivity contribution in [2.45, 2.75) is 84.3 Å². The van der Waals surface area contributed by atoms with Gasteiger partial charge >= 0.3 is 47.2 Å². The first-order chi connectivity index (χ1) is 37.5. The van der Waals surface area contributed by atoms with Crippen LogP contribution in [-0.4, -0.2) is 78.7 Å². The summed E-state index contributed by atoms with van der Waals surface area (Å²) in [6.45, 7) is 6.24. The van der Waals surface area contributed by atoms with E-state index in [9.17, 15) is 55.4 Å². The summed E-state index contributed by atoms with van der Waals surface area (Å²) >= 11 is 13.3. The number of carbonyl (C=O) groups is 1. The topological polar surface area (TPSA) is 171 Å². The first-order valence-corrected chi connectivity index (χ1v) is 26.6. The summed E-state index contributed by atoms with van der Waals surface area (Å²) in [5.74, 6) is -1.04. The maximum absolute atomic E-state index is 13.5. The molecule has 1 aliphatic rings. The number of aromatic nitrogens is 4. The van der Waals surface area contributed by atoms with E-state index in [0.29, 0.717) is 29.7 Å². The van der Waals surface area contributed by atoms with Crippen molar-refractivity contribution >= 4 is 95.6 Å². The van der Waals surface area contributed by atoms with Crippen molar-refractivity contribution in [2.75, 3.05) is 13.2 Å². The molecule has 15 nitrogen and oxygen atoms in total. The summed E-state index contributed by atoms with van der Waals surface area (Å²) < 4.78 is 104. The van der Waals surface area contributed by atoms with Gasteiger partial charge in [0.25, 0.3) is 11.1 Å². The molecule has 4 aromatic heterocycles. The zero-order valence-corrected chi connectivity index (χ0v) is 49.9. The van der Waals surface area contributed by atoms with E-state index in [1.54, 1.807) is 48.5 Å². The van der Waals surface area contributed by atoms with Crippen LogP contribution < -0.4 is 58.4 Å². The van der Waals surface area contributed by atoms with E-state index in [1.165, 1.54) is 60.3 Å². The van der Waals surface area contributed by atoms with Crippen molar-refractivity contribution in [3.8, 4) is 33.1 Å². The van der Waals surface area contributed by atoms with Gasteiger partial charge in [0.2, 0.25) is 0 Å². The van der Waals surface area contributed by atoms with Crippen LogP contribution in [0.3, 0.4) is 0 Å². The molecular weight excluding hydrogens is 1230 g/mol. The second-order valence-corrected chi connectivity index (χ2v) is 19.9. The third-order valence-corrected chi connectivity index (χ3v) is 14.2. The number of hydrogen-bond donors (Lipinski definition) is 1. The van der Waals surface area contributed by atoms with Gasteiger partial charge in [-0.25, -0.2) is 9.59 Å². The Balaban J connectivity index is 0.000000285. The minimum atomic E-state index is -4.89. The van der Waals surface area contributed by atoms with Gasteiger partial charge in [0.05, 0.1) is 21.9 Å². The Hall–Kier alpha value is -5.64. The molecule has 0 radical (unpaired) electrons. The molecule has 4 aromatic carbocycles. The van der Waals surface area contributed by atoms with Gasteiger partial charge < -0.3 is 45.8 Å². The van der Waals surface area contributed by atoms with Crippen LogP contribution in [0.15, 0.2) is 116 Å². The van der Waals surface area contributed by atoms with Crippen molar-refractivity contribution in [1.29, 1.82) is 0 Å². The molecule has 0 bridgehead atoms. The van der Waals surface area contributed by atoms with Gasteiger partial charge in [-0.05, 0) is 67.6 Å². The van der Waals surface area contributed by atoms with Crippen LogP contribution in [0.2, 0.25) is 10.0 Å². The maximum Gasteiger partial charge on any atom is 2.00 e. The Kier molecular flexibility index (Phi) is 26.1. The Labute approximate surface area is 503 Å². The molecule has 27 heteroatoms. The van der Waals surface area contributed by atoms with Crippen LogP contribution in [0.1, 0.15) is 80.0 Å². The fourth-order valence-electron chi connectivity index (χ4n) is 7.59. The number of ether oxygens (including phenoxy) is 5. The predicted molar refractivity (Wildman–Crippen MR) is 296 cm³/mol. The number of alkyl halides is 6. The smallest absolute Gasteiger partial charge is 1.00 e. The third-order valence-electron chi connectivity index (χ3n) is 11.4. The third kappa shape index (κ3) is 18.4. The predicted octanol–water partition coefficient (Wildman–Crippen LogP) is 9.61. The number of fused-ring (bicyclic) bond motifs is 2. The zero-order valence-electron chi connectivity index (χ0n) is 43.7. The van der Waals surface area contributed by atoms with Crippen molar-refractivity contribution < 1.29 is 76.9 Å². The second-order valence-electron chi connectivity index (χ2n) is 17.1. The molecule has 81 heavy (non-hydrogen) atoms. The number of aliphatic hydroxyl groups is 1. The zero-order chi connectivity index (χ0) is 57.6. The monoisotopic (exact) mass is 1280 g/mol. The summed E-state index contributed by atoms with van der Waals surface area (Å²) in [6, 6.07) is 25.9. The summed E-state index contributed by atoms with van der Waals surface area (Å²) in [5.41, 5.74) is -1.81. The van der Waals surface area contributed by atoms with Gasteiger partial charge in [-0.3, -0.25) is 32.7 Å². The van der Waals surface area contributed by atoms with Crippen LogP contribution in [-0.2, 0) is 31.9 Å². The van der Waals surface area contributed by atoms with Gasteiger partial charge in [-0.15, -0.1) is 37.9 Å². The van der Waals surface area contributed by atoms with Crippen molar-refractivity contribution in [2.24, 2.45) is 14.1 Å². The standard InChI is InChI=1S/C25H22ClF3N2O5S.C19H17F3N2O5S.C6H4Cl.C4H8O.BrH.Mg/c1-3-4-12-31-21(33)19-18(20(32)14-8-10-15(26)11-9-14)23(37-22(19)30(2)24(31)34)35-16-6-5-7-17(13-16)36-25(27,28)29;1-3-4-8-24-15(26)14-13(10-25)17(30-16(14)23(2)18(24)27)28-11-6-5-7-12(9-11)29-19(20,21)22;7-6-4-2-1-3-5-6;1-2-4-5-3-1;;/h5-11,13,20,32H,3-4,12H2,1-2H3;5-7,9-10H,3-4,8H2,1-2H3;2-5H;1-4H2;1H;/q;;-1;;;+2/p-1. The number of rotatable bonds is 15. The number of nitrogens with zero attached hydrogens (tertiary/aromatic N) is 4. The average Bonchev–Trinajstić information content (AvgIpc) is 4.41. The number of aryl methyl sites for hydroxylation is 2. The van der Waals surface area contributed by atoms with Crippen molar-refractivity contribution in [3.63, 3.8) is 0 Å². The normalized spacial score (nSPS) is 12.3. The fraction of sp³-hybridized carbons (Fsp3) is 0.315. The van der Waals surface area contributed by atoms with Crippen LogP contribution in [0.5, 0.6) is 33.1 Å². The van der Waals surface area contributed by atoms with Crippen LogP contribution in [0.25, 0.3) is 20.4 Å². The van der Waals surface area contributed by atoms with Gasteiger partial charge in [0, 0.05) is 57.6 Å². The molecular formula is C54H51BrCl2F6MgN4O11S2. The molecule has 1 N–H and O–H groups in total. The van der Waals surface area contributed by atoms with E-state index in [1.807, 2.05) is 13.8 Å². The Morgan fingerprint density at radius 3 is 1.53 bits per heavy atom. The van der Waals surface area contributed by atoms with Gasteiger partial charge in [0.15, 0.2) is 16.4 Å². The minimum absolute atomic E-state index is 0. The van der Waals surface area contributed by atoms with E-state index in [2.05, 4.69) is 15.5 Å². The number of carbonyl (C=O) groups excluding carboxylic acids is 1. The summed E-state index contributed by atoms with van der Waals surface area (Å²) in [7, 11) is 2.97. The van der Waals surface area contributed by atoms with E-state index >= 15 is 0 Å². The molecule has 430 valence electrons. The van der Waals surface area contributed by atoms with E-state index in [0.717, 1.165) is 87.2 Å². The van der Waals surface area contributed by atoms with Crippen LogP contribution in [0, 0.1) is 6.07 Å². The van der Waals surface area contributed by atoms with Gasteiger partial charge in [0.1, 0.15) is 38.8 Å². The molecule has 0 spiro atoms. The quantitative estimate of drug-likeness (QED) is 0.0449. The summed E-state index contributed by atoms with van der Waals surface area (Å²) in [4.78, 5) is 64.1. The summed E-state index contributed by atoms with van der Waals surface area (Å²) in [5, 5.41) is 12.7. The molecule has 0 saturated carbocycles. The molecule has 5 heterocycles. The molecule has 8 aromatic rings. The first-order valence-electron chi connectivity index (χ1n) is 24.2. The number of hydrogen-bond acceptors (Lipinski definition) is 13. The molecule has 1 unspecified atom stereocenters. The van der Waals surface area contributed by atoms with Gasteiger partial charge in [-0.1, -0.05) is 90.3 Å². The fourth-order valence-corrected chi connectivity index (χ4v) is 10.1. The van der Waals surface area contributed by atoms with E-state index in [4.69, 9.17) is 37.4 Å². The largest absolute Gasteiger partial charge is 2.00 e. The Morgan fingerprint density at radius 2 is 1.11 bits per heavy atom.